The van der Waals surface area contributed by atoms with Crippen molar-refractivity contribution in [2.45, 2.75) is 82.3 Å². The molecule has 0 aromatic heterocycles. The van der Waals surface area contributed by atoms with Crippen molar-refractivity contribution in [3.63, 3.8) is 0 Å². The molecule has 3 unspecified atom stereocenters. The second kappa shape index (κ2) is 14.5. The van der Waals surface area contributed by atoms with Crippen LogP contribution in [0.2, 0.25) is 0 Å². The lowest BCUT2D eigenvalue weighted by Gasteiger charge is -2.41. The lowest BCUT2D eigenvalue weighted by Crippen LogP contribution is -2.48. The highest BCUT2D eigenvalue weighted by Crippen LogP contribution is 2.39. The Balaban J connectivity index is 1.23. The van der Waals surface area contributed by atoms with Gasteiger partial charge >= 0.3 is 5.97 Å². The highest BCUT2D eigenvalue weighted by Gasteiger charge is 2.41. The fourth-order valence-electron chi connectivity index (χ4n) is 5.91. The smallest absolute Gasteiger partial charge is 0.303 e. The number of nitrogens with one attached hydrogen (secondary N) is 1. The van der Waals surface area contributed by atoms with E-state index in [2.05, 4.69) is 10.2 Å². The van der Waals surface area contributed by atoms with E-state index in [1.165, 1.54) is 0 Å². The number of hydrogen-bond donors (Lipinski definition) is 3. The lowest BCUT2D eigenvalue weighted by molar-refractivity contribution is -0.255. The number of ether oxygens (including phenoxy) is 4. The molecule has 3 N–H and O–H groups in total. The summed E-state index contributed by atoms with van der Waals surface area (Å²) >= 11 is 0. The summed E-state index contributed by atoms with van der Waals surface area (Å²) < 4.78 is 24.8. The predicted octanol–water partition coefficient (Wildman–Crippen LogP) is 4.54. The molecule has 42 heavy (non-hydrogen) atoms. The minimum Gasteiger partial charge on any atom is -0.481 e. The number of rotatable bonds is 12. The third-order valence-corrected chi connectivity index (χ3v) is 8.25. The quantitative estimate of drug-likeness (QED) is 0.309. The second-order valence-corrected chi connectivity index (χ2v) is 11.4. The molecule has 10 heteroatoms. The molecule has 3 atom stereocenters. The van der Waals surface area contributed by atoms with Gasteiger partial charge in [0.25, 0.3) is 0 Å². The van der Waals surface area contributed by atoms with Gasteiger partial charge in [-0.3, -0.25) is 9.59 Å². The number of aliphatic hydroxyl groups excluding tert-OH is 1. The molecule has 2 aromatic rings. The van der Waals surface area contributed by atoms with Gasteiger partial charge in [0.05, 0.1) is 32.0 Å². The first kappa shape index (κ1) is 30.6. The Morgan fingerprint density at radius 3 is 2.38 bits per heavy atom. The summed E-state index contributed by atoms with van der Waals surface area (Å²) in [6.07, 6.45) is 3.86. The number of carboxylic acid groups (broad SMARTS) is 1. The molecule has 0 radical (unpaired) electrons. The zero-order valence-electron chi connectivity index (χ0n) is 24.0. The van der Waals surface area contributed by atoms with E-state index < -0.39 is 18.0 Å². The number of carboxylic acids is 1. The predicted molar refractivity (Wildman–Crippen MR) is 155 cm³/mol. The number of hydrogen-bond acceptors (Lipinski definition) is 8. The summed E-state index contributed by atoms with van der Waals surface area (Å²) in [5, 5.41) is 21.2. The Morgan fingerprint density at radius 2 is 1.67 bits per heavy atom. The molecular formula is C32H42N2O8. The minimum absolute atomic E-state index is 0.00904. The van der Waals surface area contributed by atoms with Gasteiger partial charge in [0.1, 0.15) is 0 Å². The number of unbranched alkanes of at least 4 members (excludes halogenated alkanes) is 2. The molecule has 3 heterocycles. The van der Waals surface area contributed by atoms with Gasteiger partial charge < -0.3 is 39.4 Å². The van der Waals surface area contributed by atoms with E-state index in [0.29, 0.717) is 51.0 Å². The number of amides is 1. The van der Waals surface area contributed by atoms with Crippen molar-refractivity contribution in [3.8, 4) is 0 Å². The molecule has 1 amide bonds. The van der Waals surface area contributed by atoms with Crippen molar-refractivity contribution in [2.24, 2.45) is 0 Å². The monoisotopic (exact) mass is 582 g/mol. The number of piperidine rings is 1. The van der Waals surface area contributed by atoms with Gasteiger partial charge in [0.15, 0.2) is 12.1 Å². The number of anilines is 1. The molecule has 5 rings (SSSR count). The highest BCUT2D eigenvalue weighted by atomic mass is 16.7. The van der Waals surface area contributed by atoms with Gasteiger partial charge in [-0.15, -0.1) is 0 Å². The lowest BCUT2D eigenvalue weighted by atomic mass is 9.98. The van der Waals surface area contributed by atoms with E-state index in [-0.39, 0.29) is 31.1 Å². The average Bonchev–Trinajstić information content (AvgIpc) is 3.46. The van der Waals surface area contributed by atoms with E-state index in [4.69, 9.17) is 24.1 Å². The van der Waals surface area contributed by atoms with Crippen molar-refractivity contribution in [3.05, 3.63) is 65.2 Å². The SMILES string of the molecule is O=C(O)CCCCCC(=O)Nc1cccc(C2OC(CN3CCC4(CC3)OCCO4)CC(c3ccc(CO)cc3)O2)c1. The van der Waals surface area contributed by atoms with E-state index in [0.717, 1.165) is 49.2 Å². The first-order valence-electron chi connectivity index (χ1n) is 15.0. The van der Waals surface area contributed by atoms with Crippen LogP contribution in [0.3, 0.4) is 0 Å². The number of benzene rings is 2. The minimum atomic E-state index is -0.812. The molecule has 0 saturated carbocycles. The first-order valence-corrected chi connectivity index (χ1v) is 15.0. The largest absolute Gasteiger partial charge is 0.481 e. The van der Waals surface area contributed by atoms with Crippen LogP contribution in [-0.4, -0.2) is 71.7 Å². The third-order valence-electron chi connectivity index (χ3n) is 8.25. The molecule has 228 valence electrons. The molecule has 3 fully saturated rings. The van der Waals surface area contributed by atoms with Crippen LogP contribution in [0.4, 0.5) is 5.69 Å². The van der Waals surface area contributed by atoms with Crippen LogP contribution in [0.15, 0.2) is 48.5 Å². The summed E-state index contributed by atoms with van der Waals surface area (Å²) in [6, 6.07) is 15.4. The van der Waals surface area contributed by atoms with Gasteiger partial charge in [-0.25, -0.2) is 0 Å². The molecule has 3 aliphatic heterocycles. The summed E-state index contributed by atoms with van der Waals surface area (Å²) in [4.78, 5) is 25.6. The van der Waals surface area contributed by atoms with E-state index in [1.54, 1.807) is 0 Å². The van der Waals surface area contributed by atoms with Crippen LogP contribution in [0.5, 0.6) is 0 Å². The molecular weight excluding hydrogens is 540 g/mol. The number of nitrogens with zero attached hydrogens (tertiary/aromatic N) is 1. The van der Waals surface area contributed by atoms with E-state index in [9.17, 15) is 14.7 Å². The number of carbonyl (C=O) groups is 2. The molecule has 10 nitrogen and oxygen atoms in total. The van der Waals surface area contributed by atoms with Gasteiger partial charge in [-0.1, -0.05) is 42.8 Å². The van der Waals surface area contributed by atoms with Crippen LogP contribution < -0.4 is 5.32 Å². The van der Waals surface area contributed by atoms with E-state index >= 15 is 0 Å². The summed E-state index contributed by atoms with van der Waals surface area (Å²) in [5.41, 5.74) is 3.37. The first-order chi connectivity index (χ1) is 20.4. The van der Waals surface area contributed by atoms with Gasteiger partial charge in [0.2, 0.25) is 5.91 Å². The summed E-state index contributed by atoms with van der Waals surface area (Å²) in [6.45, 7) is 3.82. The Labute approximate surface area is 246 Å². The molecule has 0 aliphatic carbocycles. The van der Waals surface area contributed by atoms with E-state index in [1.807, 2.05) is 48.5 Å². The molecule has 2 aromatic carbocycles. The Hall–Kier alpha value is -2.86. The van der Waals surface area contributed by atoms with Gasteiger partial charge in [-0.2, -0.15) is 0 Å². The zero-order valence-corrected chi connectivity index (χ0v) is 24.0. The number of likely N-dealkylation sites (tertiary alicyclic amines) is 1. The number of aliphatic carboxylic acids is 1. The summed E-state index contributed by atoms with van der Waals surface area (Å²) in [5.74, 6) is -1.34. The Kier molecular flexibility index (Phi) is 10.6. The fourth-order valence-corrected chi connectivity index (χ4v) is 5.91. The maximum absolute atomic E-state index is 12.5. The fraction of sp³-hybridized carbons (Fsp3) is 0.562. The van der Waals surface area contributed by atoms with Gasteiger partial charge in [0, 0.05) is 63.0 Å². The van der Waals surface area contributed by atoms with Crippen molar-refractivity contribution in [1.29, 1.82) is 0 Å². The second-order valence-electron chi connectivity index (χ2n) is 11.4. The van der Waals surface area contributed by atoms with Crippen LogP contribution in [0.1, 0.15) is 80.5 Å². The van der Waals surface area contributed by atoms with Crippen LogP contribution >= 0.6 is 0 Å². The Morgan fingerprint density at radius 1 is 0.929 bits per heavy atom. The summed E-state index contributed by atoms with van der Waals surface area (Å²) in [7, 11) is 0. The van der Waals surface area contributed by atoms with Crippen molar-refractivity contribution in [2.75, 3.05) is 38.2 Å². The van der Waals surface area contributed by atoms with Crippen molar-refractivity contribution < 1.29 is 38.7 Å². The van der Waals surface area contributed by atoms with Crippen molar-refractivity contribution >= 4 is 17.6 Å². The standard InChI is InChI=1S/C32H42N2O8/c35-22-23-9-11-24(12-10-23)28-20-27(21-34-15-13-32(14-16-34)39-17-18-40-32)41-31(42-28)25-5-4-6-26(19-25)33-29(36)7-2-1-3-8-30(37)38/h4-6,9-12,19,27-28,31,35H,1-3,7-8,13-18,20-22H2,(H,33,36)(H,37,38). The Bertz CT molecular complexity index is 1170. The van der Waals surface area contributed by atoms with Gasteiger partial charge in [-0.05, 0) is 36.1 Å². The molecule has 0 bridgehead atoms. The molecule has 3 saturated heterocycles. The van der Waals surface area contributed by atoms with Crippen LogP contribution in [0, 0.1) is 0 Å². The van der Waals surface area contributed by atoms with Crippen LogP contribution in [0.25, 0.3) is 0 Å². The highest BCUT2D eigenvalue weighted by molar-refractivity contribution is 5.90. The molecule has 1 spiro atoms. The normalized spacial score (nSPS) is 24.1. The topological polar surface area (TPSA) is 127 Å². The number of carbonyl (C=O) groups excluding carboxylic acids is 1. The maximum Gasteiger partial charge on any atom is 0.303 e. The zero-order chi connectivity index (χ0) is 29.4. The average molecular weight is 583 g/mol. The third kappa shape index (κ3) is 8.37. The molecule has 3 aliphatic rings. The van der Waals surface area contributed by atoms with Crippen LogP contribution in [-0.2, 0) is 35.1 Å². The number of aliphatic hydroxyl groups is 1. The van der Waals surface area contributed by atoms with Crippen molar-refractivity contribution in [1.82, 2.24) is 4.90 Å². The maximum atomic E-state index is 12.5.